The van der Waals surface area contributed by atoms with Crippen LogP contribution >= 0.6 is 15.9 Å². The van der Waals surface area contributed by atoms with Gasteiger partial charge in [-0.05, 0) is 42.0 Å². The Labute approximate surface area is 170 Å². The van der Waals surface area contributed by atoms with Crippen molar-refractivity contribution < 1.29 is 14.4 Å². The van der Waals surface area contributed by atoms with Crippen molar-refractivity contribution in [3.05, 3.63) is 99.8 Å². The van der Waals surface area contributed by atoms with Crippen LogP contribution in [-0.4, -0.2) is 16.7 Å². The lowest BCUT2D eigenvalue weighted by Crippen LogP contribution is -2.06. The van der Waals surface area contributed by atoms with Crippen LogP contribution in [0.5, 0.6) is 5.75 Å². The van der Waals surface area contributed by atoms with Crippen molar-refractivity contribution in [2.45, 2.75) is 6.61 Å². The molecule has 0 bridgehead atoms. The molecular weight excluding hydrogens is 420 g/mol. The van der Waals surface area contributed by atoms with Gasteiger partial charge in [-0.1, -0.05) is 51.4 Å². The number of benzene rings is 2. The van der Waals surface area contributed by atoms with Crippen molar-refractivity contribution in [3.8, 4) is 5.75 Å². The molecule has 28 heavy (non-hydrogen) atoms. The van der Waals surface area contributed by atoms with Crippen molar-refractivity contribution >= 4 is 33.7 Å². The predicted octanol–water partition coefficient (Wildman–Crippen LogP) is 4.77. The summed E-state index contributed by atoms with van der Waals surface area (Å²) < 4.78 is 6.66. The molecule has 0 unspecified atom stereocenters. The highest BCUT2D eigenvalue weighted by atomic mass is 79.9. The highest BCUT2D eigenvalue weighted by Gasteiger charge is 2.26. The molecule has 1 aromatic heterocycles. The minimum Gasteiger partial charge on any atom is -0.489 e. The lowest BCUT2D eigenvalue weighted by atomic mass is 10.0. The summed E-state index contributed by atoms with van der Waals surface area (Å²) in [7, 11) is 0. The molecule has 1 aliphatic heterocycles. The van der Waals surface area contributed by atoms with E-state index in [2.05, 4.69) is 26.1 Å². The molecule has 0 saturated carbocycles. The van der Waals surface area contributed by atoms with E-state index in [-0.39, 0.29) is 0 Å². The number of rotatable bonds is 5. The molecule has 4 rings (SSSR count). The summed E-state index contributed by atoms with van der Waals surface area (Å²) in [6.45, 7) is 0.445. The van der Waals surface area contributed by atoms with Gasteiger partial charge in [0.1, 0.15) is 18.1 Å². The fourth-order valence-electron chi connectivity index (χ4n) is 2.73. The van der Waals surface area contributed by atoms with Crippen LogP contribution in [0.1, 0.15) is 16.7 Å². The van der Waals surface area contributed by atoms with Crippen LogP contribution < -0.4 is 4.74 Å². The maximum absolute atomic E-state index is 12.1. The van der Waals surface area contributed by atoms with Gasteiger partial charge in [0.2, 0.25) is 0 Å². The molecular formula is C22H15BrN2O3. The Balaban J connectivity index is 1.51. The minimum atomic E-state index is -0.466. The van der Waals surface area contributed by atoms with Gasteiger partial charge in [-0.15, -0.1) is 0 Å². The summed E-state index contributed by atoms with van der Waals surface area (Å²) in [6.07, 6.45) is 5.26. The highest BCUT2D eigenvalue weighted by Crippen LogP contribution is 2.24. The smallest absolute Gasteiger partial charge is 0.368 e. The molecule has 0 saturated heterocycles. The predicted molar refractivity (Wildman–Crippen MR) is 110 cm³/mol. The van der Waals surface area contributed by atoms with Crippen molar-refractivity contribution in [2.24, 2.45) is 5.16 Å². The molecule has 0 atom stereocenters. The number of hydrogen-bond donors (Lipinski definition) is 0. The Bertz CT molecular complexity index is 1060. The van der Waals surface area contributed by atoms with E-state index < -0.39 is 5.97 Å². The van der Waals surface area contributed by atoms with Gasteiger partial charge >= 0.3 is 5.97 Å². The summed E-state index contributed by atoms with van der Waals surface area (Å²) >= 11 is 3.43. The molecule has 0 spiro atoms. The first-order valence-corrected chi connectivity index (χ1v) is 9.37. The number of ether oxygens (including phenoxy) is 1. The summed E-state index contributed by atoms with van der Waals surface area (Å²) in [5.74, 6) is 0.271. The van der Waals surface area contributed by atoms with Crippen LogP contribution in [0.15, 0.2) is 88.3 Å². The van der Waals surface area contributed by atoms with Crippen molar-refractivity contribution in [3.63, 3.8) is 0 Å². The molecule has 0 N–H and O–H groups in total. The van der Waals surface area contributed by atoms with Crippen LogP contribution in [0.2, 0.25) is 0 Å². The fourth-order valence-corrected chi connectivity index (χ4v) is 3.13. The summed E-state index contributed by atoms with van der Waals surface area (Å²) in [4.78, 5) is 21.1. The molecule has 0 aliphatic carbocycles. The van der Waals surface area contributed by atoms with Gasteiger partial charge < -0.3 is 9.57 Å². The van der Waals surface area contributed by atoms with E-state index in [4.69, 9.17) is 9.57 Å². The Morgan fingerprint density at radius 2 is 1.93 bits per heavy atom. The molecule has 2 aromatic carbocycles. The molecule has 6 heteroatoms. The topological polar surface area (TPSA) is 60.8 Å². The number of oxime groups is 1. The van der Waals surface area contributed by atoms with Crippen LogP contribution in [0.25, 0.3) is 6.08 Å². The van der Waals surface area contributed by atoms with Gasteiger partial charge in [0.25, 0.3) is 0 Å². The number of nitrogens with zero attached hydrogens (tertiary/aromatic N) is 2. The highest BCUT2D eigenvalue weighted by molar-refractivity contribution is 9.10. The van der Waals surface area contributed by atoms with Crippen molar-refractivity contribution in [2.75, 3.05) is 0 Å². The van der Waals surface area contributed by atoms with E-state index in [0.29, 0.717) is 17.9 Å². The Kier molecular flexibility index (Phi) is 5.30. The van der Waals surface area contributed by atoms with Gasteiger partial charge in [-0.2, -0.15) is 0 Å². The summed E-state index contributed by atoms with van der Waals surface area (Å²) in [5.41, 5.74) is 3.59. The number of carbonyl (C=O) groups is 1. The quantitative estimate of drug-likeness (QED) is 0.428. The molecule has 0 fully saturated rings. The third kappa shape index (κ3) is 4.18. The number of halogens is 1. The average Bonchev–Trinajstić information content (AvgIpc) is 3.08. The van der Waals surface area contributed by atoms with Gasteiger partial charge in [0.15, 0.2) is 0 Å². The molecule has 0 radical (unpaired) electrons. The lowest BCUT2D eigenvalue weighted by Gasteiger charge is -2.06. The first kappa shape index (κ1) is 18.1. The largest absolute Gasteiger partial charge is 0.489 e. The molecule has 5 nitrogen and oxygen atoms in total. The molecule has 0 amide bonds. The second-order valence-corrected chi connectivity index (χ2v) is 7.02. The number of carbonyl (C=O) groups excluding carboxylic acids is 1. The zero-order valence-corrected chi connectivity index (χ0v) is 16.3. The normalized spacial score (nSPS) is 14.7. The maximum atomic E-state index is 12.1. The van der Waals surface area contributed by atoms with Gasteiger partial charge in [-0.3, -0.25) is 4.98 Å². The second-order valence-electron chi connectivity index (χ2n) is 6.11. The van der Waals surface area contributed by atoms with Crippen molar-refractivity contribution in [1.82, 2.24) is 4.98 Å². The molecule has 2 heterocycles. The number of hydrogen-bond acceptors (Lipinski definition) is 5. The lowest BCUT2D eigenvalue weighted by molar-refractivity contribution is -0.136. The van der Waals surface area contributed by atoms with Gasteiger partial charge in [0, 0.05) is 28.0 Å². The average molecular weight is 435 g/mol. The molecule has 1 aliphatic rings. The zero-order valence-electron chi connectivity index (χ0n) is 14.7. The Morgan fingerprint density at radius 1 is 1.07 bits per heavy atom. The first-order valence-electron chi connectivity index (χ1n) is 8.58. The molecule has 3 aromatic rings. The Morgan fingerprint density at radius 3 is 2.68 bits per heavy atom. The van der Waals surface area contributed by atoms with E-state index in [1.54, 1.807) is 18.5 Å². The van der Waals surface area contributed by atoms with Crippen molar-refractivity contribution in [1.29, 1.82) is 0 Å². The van der Waals surface area contributed by atoms with E-state index in [1.807, 2.05) is 60.7 Å². The first-order chi connectivity index (χ1) is 13.7. The summed E-state index contributed by atoms with van der Waals surface area (Å²) in [6, 6.07) is 18.9. The number of aromatic nitrogens is 1. The maximum Gasteiger partial charge on any atom is 0.368 e. The monoisotopic (exact) mass is 434 g/mol. The van der Waals surface area contributed by atoms with Gasteiger partial charge in [-0.25, -0.2) is 4.79 Å². The van der Waals surface area contributed by atoms with Crippen LogP contribution in [0, 0.1) is 0 Å². The third-order valence-corrected chi connectivity index (χ3v) is 4.61. The van der Waals surface area contributed by atoms with Crippen LogP contribution in [0.3, 0.4) is 0 Å². The summed E-state index contributed by atoms with van der Waals surface area (Å²) in [5, 5.41) is 3.93. The third-order valence-electron chi connectivity index (χ3n) is 4.11. The SMILES string of the molecule is O=C1ON=C(c2cccc(Br)c2)/C1=C/c1ccc(OCc2cccnc2)cc1. The van der Waals surface area contributed by atoms with Crippen LogP contribution in [-0.2, 0) is 16.2 Å². The van der Waals surface area contributed by atoms with Gasteiger partial charge in [0.05, 0.1) is 5.57 Å². The van der Waals surface area contributed by atoms with E-state index in [1.165, 1.54) is 0 Å². The minimum absolute atomic E-state index is 0.419. The Hall–Kier alpha value is -3.25. The van der Waals surface area contributed by atoms with E-state index in [9.17, 15) is 4.79 Å². The number of pyridine rings is 1. The zero-order chi connectivity index (χ0) is 19.3. The van der Waals surface area contributed by atoms with Crippen LogP contribution in [0.4, 0.5) is 0 Å². The van der Waals surface area contributed by atoms with E-state index in [0.717, 1.165) is 26.9 Å². The second kappa shape index (κ2) is 8.19. The fraction of sp³-hybridized carbons (Fsp3) is 0.0455. The van der Waals surface area contributed by atoms with E-state index >= 15 is 0 Å². The standard InChI is InChI=1S/C22H15BrN2O3/c23-18-5-1-4-17(12-18)21-20(22(26)28-25-21)11-15-6-8-19(9-7-15)27-14-16-3-2-10-24-13-16/h1-13H,14H2/b20-11-. The molecule has 138 valence electrons.